The van der Waals surface area contributed by atoms with E-state index in [0.717, 1.165) is 24.3 Å². The SMILES string of the molecule is CCCNC(C)c1ccccc1Oc1cccc(F)c1. The van der Waals surface area contributed by atoms with E-state index in [1.54, 1.807) is 12.1 Å². The van der Waals surface area contributed by atoms with Gasteiger partial charge in [0, 0.05) is 17.7 Å². The third-order valence-electron chi connectivity index (χ3n) is 3.11. The van der Waals surface area contributed by atoms with E-state index in [1.165, 1.54) is 12.1 Å². The van der Waals surface area contributed by atoms with Gasteiger partial charge in [-0.1, -0.05) is 31.2 Å². The molecular formula is C17H20FNO. The van der Waals surface area contributed by atoms with Crippen molar-refractivity contribution in [2.24, 2.45) is 0 Å². The summed E-state index contributed by atoms with van der Waals surface area (Å²) in [5, 5.41) is 3.43. The maximum atomic E-state index is 13.2. The molecule has 20 heavy (non-hydrogen) atoms. The lowest BCUT2D eigenvalue weighted by atomic mass is 10.1. The highest BCUT2D eigenvalue weighted by molar-refractivity contribution is 5.39. The molecule has 0 saturated heterocycles. The van der Waals surface area contributed by atoms with Crippen LogP contribution in [0.2, 0.25) is 0 Å². The van der Waals surface area contributed by atoms with Crippen LogP contribution in [-0.4, -0.2) is 6.54 Å². The third-order valence-corrected chi connectivity index (χ3v) is 3.11. The van der Waals surface area contributed by atoms with Gasteiger partial charge < -0.3 is 10.1 Å². The predicted molar refractivity (Wildman–Crippen MR) is 79.6 cm³/mol. The molecule has 0 fully saturated rings. The maximum absolute atomic E-state index is 13.2. The van der Waals surface area contributed by atoms with Gasteiger partial charge in [-0.15, -0.1) is 0 Å². The third kappa shape index (κ3) is 3.81. The highest BCUT2D eigenvalue weighted by Crippen LogP contribution is 2.29. The molecule has 2 rings (SSSR count). The van der Waals surface area contributed by atoms with Crippen LogP contribution >= 0.6 is 0 Å². The summed E-state index contributed by atoms with van der Waals surface area (Å²) < 4.78 is 19.0. The molecule has 1 atom stereocenters. The number of hydrogen-bond acceptors (Lipinski definition) is 2. The molecule has 0 aromatic heterocycles. The lowest BCUT2D eigenvalue weighted by Gasteiger charge is -2.18. The second-order valence-corrected chi connectivity index (χ2v) is 4.77. The molecule has 2 aromatic rings. The summed E-state index contributed by atoms with van der Waals surface area (Å²) in [5.41, 5.74) is 1.07. The van der Waals surface area contributed by atoms with Gasteiger partial charge >= 0.3 is 0 Å². The first-order chi connectivity index (χ1) is 9.70. The van der Waals surface area contributed by atoms with E-state index in [2.05, 4.69) is 19.2 Å². The van der Waals surface area contributed by atoms with Crippen LogP contribution in [-0.2, 0) is 0 Å². The molecule has 0 spiro atoms. The molecule has 0 bridgehead atoms. The molecule has 0 saturated carbocycles. The fourth-order valence-electron chi connectivity index (χ4n) is 2.06. The molecule has 106 valence electrons. The van der Waals surface area contributed by atoms with E-state index in [4.69, 9.17) is 4.74 Å². The smallest absolute Gasteiger partial charge is 0.132 e. The molecule has 2 nitrogen and oxygen atoms in total. The van der Waals surface area contributed by atoms with Gasteiger partial charge in [0.25, 0.3) is 0 Å². The standard InChI is InChI=1S/C17H20FNO/c1-3-11-19-13(2)16-9-4-5-10-17(16)20-15-8-6-7-14(18)12-15/h4-10,12-13,19H,3,11H2,1-2H3. The summed E-state index contributed by atoms with van der Waals surface area (Å²) in [7, 11) is 0. The van der Waals surface area contributed by atoms with Crippen molar-refractivity contribution in [2.45, 2.75) is 26.3 Å². The Kier molecular flexibility index (Phi) is 5.13. The van der Waals surface area contributed by atoms with Crippen molar-refractivity contribution < 1.29 is 9.13 Å². The Morgan fingerprint density at radius 3 is 2.70 bits per heavy atom. The van der Waals surface area contributed by atoms with Crippen molar-refractivity contribution in [3.05, 3.63) is 59.9 Å². The minimum absolute atomic E-state index is 0.194. The molecule has 0 aliphatic rings. The van der Waals surface area contributed by atoms with Crippen molar-refractivity contribution in [1.82, 2.24) is 5.32 Å². The molecule has 0 radical (unpaired) electrons. The number of halogens is 1. The molecule has 0 heterocycles. The topological polar surface area (TPSA) is 21.3 Å². The fraction of sp³-hybridized carbons (Fsp3) is 0.294. The Morgan fingerprint density at radius 2 is 1.95 bits per heavy atom. The largest absolute Gasteiger partial charge is 0.457 e. The van der Waals surface area contributed by atoms with Gasteiger partial charge in [0.2, 0.25) is 0 Å². The van der Waals surface area contributed by atoms with Crippen molar-refractivity contribution in [3.8, 4) is 11.5 Å². The molecule has 1 unspecified atom stereocenters. The van der Waals surface area contributed by atoms with Gasteiger partial charge in [-0.2, -0.15) is 0 Å². The first-order valence-corrected chi connectivity index (χ1v) is 6.96. The second kappa shape index (κ2) is 7.06. The summed E-state index contributed by atoms with van der Waals surface area (Å²) in [5.74, 6) is 0.978. The molecule has 0 aliphatic carbocycles. The highest BCUT2D eigenvalue weighted by Gasteiger charge is 2.11. The van der Waals surface area contributed by atoms with Crippen molar-refractivity contribution in [2.75, 3.05) is 6.54 Å². The monoisotopic (exact) mass is 273 g/mol. The van der Waals surface area contributed by atoms with Crippen LogP contribution in [0.15, 0.2) is 48.5 Å². The first kappa shape index (κ1) is 14.5. The molecular weight excluding hydrogens is 253 g/mol. The summed E-state index contributed by atoms with van der Waals surface area (Å²) in [6, 6.07) is 14.2. The number of hydrogen-bond donors (Lipinski definition) is 1. The highest BCUT2D eigenvalue weighted by atomic mass is 19.1. The van der Waals surface area contributed by atoms with Gasteiger partial charge in [-0.25, -0.2) is 4.39 Å². The Morgan fingerprint density at radius 1 is 1.15 bits per heavy atom. The van der Waals surface area contributed by atoms with Gasteiger partial charge in [0.1, 0.15) is 17.3 Å². The van der Waals surface area contributed by atoms with E-state index in [0.29, 0.717) is 5.75 Å². The van der Waals surface area contributed by atoms with Crippen molar-refractivity contribution >= 4 is 0 Å². The van der Waals surface area contributed by atoms with E-state index < -0.39 is 0 Å². The summed E-state index contributed by atoms with van der Waals surface area (Å²) >= 11 is 0. The van der Waals surface area contributed by atoms with Crippen LogP contribution < -0.4 is 10.1 Å². The van der Waals surface area contributed by atoms with Gasteiger partial charge in [-0.3, -0.25) is 0 Å². The number of para-hydroxylation sites is 1. The van der Waals surface area contributed by atoms with Crippen LogP contribution in [0.25, 0.3) is 0 Å². The van der Waals surface area contributed by atoms with Crippen LogP contribution in [0.4, 0.5) is 4.39 Å². The lowest BCUT2D eigenvalue weighted by molar-refractivity contribution is 0.457. The number of ether oxygens (including phenoxy) is 1. The number of benzene rings is 2. The fourth-order valence-corrected chi connectivity index (χ4v) is 2.06. The predicted octanol–water partition coefficient (Wildman–Crippen LogP) is 4.68. The van der Waals surface area contributed by atoms with E-state index in [1.807, 2.05) is 24.3 Å². The van der Waals surface area contributed by atoms with E-state index >= 15 is 0 Å². The normalized spacial score (nSPS) is 12.2. The Labute approximate surface area is 119 Å². The van der Waals surface area contributed by atoms with Crippen LogP contribution in [0.3, 0.4) is 0 Å². The van der Waals surface area contributed by atoms with E-state index in [9.17, 15) is 4.39 Å². The van der Waals surface area contributed by atoms with Crippen molar-refractivity contribution in [3.63, 3.8) is 0 Å². The Hall–Kier alpha value is -1.87. The molecule has 1 N–H and O–H groups in total. The van der Waals surface area contributed by atoms with Crippen LogP contribution in [0, 0.1) is 5.82 Å². The Balaban J connectivity index is 2.19. The average Bonchev–Trinajstić information content (AvgIpc) is 2.45. The van der Waals surface area contributed by atoms with Crippen LogP contribution in [0.5, 0.6) is 11.5 Å². The number of nitrogens with one attached hydrogen (secondary N) is 1. The number of rotatable bonds is 6. The first-order valence-electron chi connectivity index (χ1n) is 6.96. The van der Waals surface area contributed by atoms with Gasteiger partial charge in [0.05, 0.1) is 0 Å². The molecule has 0 aliphatic heterocycles. The minimum atomic E-state index is -0.294. The zero-order valence-corrected chi connectivity index (χ0v) is 11.9. The molecule has 0 amide bonds. The lowest BCUT2D eigenvalue weighted by Crippen LogP contribution is -2.19. The zero-order chi connectivity index (χ0) is 14.4. The zero-order valence-electron chi connectivity index (χ0n) is 11.9. The van der Waals surface area contributed by atoms with Crippen molar-refractivity contribution in [1.29, 1.82) is 0 Å². The quantitative estimate of drug-likeness (QED) is 0.825. The Bertz CT molecular complexity index is 556. The molecule has 2 aromatic carbocycles. The average molecular weight is 273 g/mol. The second-order valence-electron chi connectivity index (χ2n) is 4.77. The minimum Gasteiger partial charge on any atom is -0.457 e. The van der Waals surface area contributed by atoms with Gasteiger partial charge in [-0.05, 0) is 38.1 Å². The summed E-state index contributed by atoms with van der Waals surface area (Å²) in [6.45, 7) is 5.19. The summed E-state index contributed by atoms with van der Waals surface area (Å²) in [4.78, 5) is 0. The summed E-state index contributed by atoms with van der Waals surface area (Å²) in [6.07, 6.45) is 1.08. The van der Waals surface area contributed by atoms with Gasteiger partial charge in [0.15, 0.2) is 0 Å². The maximum Gasteiger partial charge on any atom is 0.132 e. The molecule has 3 heteroatoms. The van der Waals surface area contributed by atoms with Crippen LogP contribution in [0.1, 0.15) is 31.9 Å². The van der Waals surface area contributed by atoms with E-state index in [-0.39, 0.29) is 11.9 Å².